The molecule has 1 nitrogen and oxygen atoms in total. The zero-order valence-corrected chi connectivity index (χ0v) is 8.87. The quantitative estimate of drug-likeness (QED) is 0.771. The molecule has 0 bridgehead atoms. The summed E-state index contributed by atoms with van der Waals surface area (Å²) in [6.45, 7) is 3.38. The van der Waals surface area contributed by atoms with Crippen LogP contribution in [0.25, 0.3) is 0 Å². The van der Waals surface area contributed by atoms with Gasteiger partial charge < -0.3 is 5.32 Å². The van der Waals surface area contributed by atoms with E-state index in [1.165, 1.54) is 24.8 Å². The lowest BCUT2D eigenvalue weighted by Gasteiger charge is -2.17. The smallest absolute Gasteiger partial charge is 0.0208 e. The van der Waals surface area contributed by atoms with Crippen molar-refractivity contribution in [2.24, 2.45) is 5.92 Å². The van der Waals surface area contributed by atoms with Gasteiger partial charge in [0, 0.05) is 12.6 Å². The van der Waals surface area contributed by atoms with E-state index >= 15 is 0 Å². The molecule has 1 aliphatic carbocycles. The van der Waals surface area contributed by atoms with Gasteiger partial charge in [-0.05, 0) is 24.3 Å². The maximum absolute atomic E-state index is 3.65. The Morgan fingerprint density at radius 1 is 1.21 bits per heavy atom. The Hall–Kier alpha value is -0.820. The van der Waals surface area contributed by atoms with Gasteiger partial charge in [0.1, 0.15) is 0 Å². The largest absolute Gasteiger partial charge is 0.310 e. The fourth-order valence-electron chi connectivity index (χ4n) is 2.29. The molecule has 0 heterocycles. The molecular formula is C13H19N. The number of benzene rings is 1. The van der Waals surface area contributed by atoms with E-state index < -0.39 is 0 Å². The molecule has 1 aliphatic rings. The van der Waals surface area contributed by atoms with Crippen molar-refractivity contribution in [2.45, 2.75) is 38.8 Å². The van der Waals surface area contributed by atoms with E-state index in [0.29, 0.717) is 0 Å². The van der Waals surface area contributed by atoms with Crippen LogP contribution >= 0.6 is 0 Å². The van der Waals surface area contributed by atoms with Crippen LogP contribution in [0.15, 0.2) is 30.3 Å². The molecule has 1 aromatic carbocycles. The van der Waals surface area contributed by atoms with Crippen LogP contribution in [0.5, 0.6) is 0 Å². The standard InChI is InChI=1S/C13H19N/c1-11-6-5-9-13(11)14-10-12-7-3-2-4-8-12/h2-4,7-8,11,13-14H,5-6,9-10H2,1H3. The van der Waals surface area contributed by atoms with Crippen LogP contribution in [0.1, 0.15) is 31.7 Å². The predicted molar refractivity (Wildman–Crippen MR) is 60.1 cm³/mol. The first-order valence-electron chi connectivity index (χ1n) is 5.63. The average molecular weight is 189 g/mol. The first kappa shape index (κ1) is 9.72. The molecule has 0 saturated heterocycles. The number of nitrogens with one attached hydrogen (secondary N) is 1. The Balaban J connectivity index is 1.82. The summed E-state index contributed by atoms with van der Waals surface area (Å²) in [5.41, 5.74) is 1.40. The van der Waals surface area contributed by atoms with Crippen LogP contribution in [0, 0.1) is 5.92 Å². The Bertz CT molecular complexity index is 268. The third kappa shape index (κ3) is 2.36. The van der Waals surface area contributed by atoms with Gasteiger partial charge in [-0.3, -0.25) is 0 Å². The molecule has 14 heavy (non-hydrogen) atoms. The first-order valence-corrected chi connectivity index (χ1v) is 5.63. The minimum absolute atomic E-state index is 0.746. The first-order chi connectivity index (χ1) is 6.86. The van der Waals surface area contributed by atoms with Gasteiger partial charge >= 0.3 is 0 Å². The van der Waals surface area contributed by atoms with E-state index in [2.05, 4.69) is 42.6 Å². The molecule has 1 heteroatoms. The molecule has 1 N–H and O–H groups in total. The topological polar surface area (TPSA) is 12.0 Å². The molecule has 1 aromatic rings. The van der Waals surface area contributed by atoms with Crippen molar-refractivity contribution in [3.05, 3.63) is 35.9 Å². The van der Waals surface area contributed by atoms with E-state index in [-0.39, 0.29) is 0 Å². The Morgan fingerprint density at radius 2 is 2.00 bits per heavy atom. The number of rotatable bonds is 3. The third-order valence-electron chi connectivity index (χ3n) is 3.27. The fraction of sp³-hybridized carbons (Fsp3) is 0.538. The van der Waals surface area contributed by atoms with Crippen molar-refractivity contribution < 1.29 is 0 Å². The molecule has 1 saturated carbocycles. The second-order valence-corrected chi connectivity index (χ2v) is 4.38. The molecule has 0 radical (unpaired) electrons. The SMILES string of the molecule is CC1CCCC1NCc1ccccc1. The second kappa shape index (κ2) is 4.61. The van der Waals surface area contributed by atoms with Gasteiger partial charge in [0.2, 0.25) is 0 Å². The van der Waals surface area contributed by atoms with Gasteiger partial charge in [-0.15, -0.1) is 0 Å². The highest BCUT2D eigenvalue weighted by molar-refractivity contribution is 5.14. The fourth-order valence-corrected chi connectivity index (χ4v) is 2.29. The summed E-state index contributed by atoms with van der Waals surface area (Å²) in [4.78, 5) is 0. The Kier molecular flexibility index (Phi) is 3.20. The van der Waals surface area contributed by atoms with Crippen molar-refractivity contribution in [2.75, 3.05) is 0 Å². The van der Waals surface area contributed by atoms with Crippen LogP contribution < -0.4 is 5.32 Å². The molecule has 2 unspecified atom stereocenters. The van der Waals surface area contributed by atoms with Crippen LogP contribution in [-0.4, -0.2) is 6.04 Å². The lowest BCUT2D eigenvalue weighted by atomic mass is 10.1. The van der Waals surface area contributed by atoms with Gasteiger partial charge in [-0.1, -0.05) is 43.7 Å². The molecule has 0 aromatic heterocycles. The summed E-state index contributed by atoms with van der Waals surface area (Å²) in [6, 6.07) is 11.4. The monoisotopic (exact) mass is 189 g/mol. The van der Waals surface area contributed by atoms with Crippen molar-refractivity contribution >= 4 is 0 Å². The third-order valence-corrected chi connectivity index (χ3v) is 3.27. The van der Waals surface area contributed by atoms with Gasteiger partial charge in [0.15, 0.2) is 0 Å². The summed E-state index contributed by atoms with van der Waals surface area (Å²) in [6.07, 6.45) is 4.15. The van der Waals surface area contributed by atoms with E-state index in [4.69, 9.17) is 0 Å². The van der Waals surface area contributed by atoms with Crippen molar-refractivity contribution in [1.29, 1.82) is 0 Å². The van der Waals surface area contributed by atoms with Crippen molar-refractivity contribution in [3.8, 4) is 0 Å². The zero-order valence-electron chi connectivity index (χ0n) is 8.87. The van der Waals surface area contributed by atoms with Crippen LogP contribution in [0.4, 0.5) is 0 Å². The molecule has 0 aliphatic heterocycles. The van der Waals surface area contributed by atoms with Crippen molar-refractivity contribution in [3.63, 3.8) is 0 Å². The highest BCUT2D eigenvalue weighted by Gasteiger charge is 2.22. The van der Waals surface area contributed by atoms with Gasteiger partial charge in [0.05, 0.1) is 0 Å². The molecule has 0 amide bonds. The van der Waals surface area contributed by atoms with E-state index in [0.717, 1.165) is 18.5 Å². The molecule has 1 fully saturated rings. The van der Waals surface area contributed by atoms with E-state index in [1.807, 2.05) is 0 Å². The maximum Gasteiger partial charge on any atom is 0.0208 e. The lowest BCUT2D eigenvalue weighted by molar-refractivity contribution is 0.426. The highest BCUT2D eigenvalue weighted by atomic mass is 14.9. The number of hydrogen-bond acceptors (Lipinski definition) is 1. The average Bonchev–Trinajstić information content (AvgIpc) is 2.63. The van der Waals surface area contributed by atoms with Gasteiger partial charge in [0.25, 0.3) is 0 Å². The zero-order chi connectivity index (χ0) is 9.80. The highest BCUT2D eigenvalue weighted by Crippen LogP contribution is 2.24. The van der Waals surface area contributed by atoms with Gasteiger partial charge in [-0.25, -0.2) is 0 Å². The summed E-state index contributed by atoms with van der Waals surface area (Å²) in [5.74, 6) is 0.860. The van der Waals surface area contributed by atoms with Gasteiger partial charge in [-0.2, -0.15) is 0 Å². The van der Waals surface area contributed by atoms with Crippen LogP contribution in [0.2, 0.25) is 0 Å². The summed E-state index contributed by atoms with van der Waals surface area (Å²) in [7, 11) is 0. The molecular weight excluding hydrogens is 170 g/mol. The van der Waals surface area contributed by atoms with Crippen LogP contribution in [0.3, 0.4) is 0 Å². The predicted octanol–water partition coefficient (Wildman–Crippen LogP) is 2.96. The Labute approximate surface area is 86.5 Å². The molecule has 2 atom stereocenters. The molecule has 2 rings (SSSR count). The van der Waals surface area contributed by atoms with E-state index in [1.54, 1.807) is 0 Å². The Morgan fingerprint density at radius 3 is 2.64 bits per heavy atom. The minimum Gasteiger partial charge on any atom is -0.310 e. The second-order valence-electron chi connectivity index (χ2n) is 4.38. The lowest BCUT2D eigenvalue weighted by Crippen LogP contribution is -2.30. The van der Waals surface area contributed by atoms with Crippen LogP contribution in [-0.2, 0) is 6.54 Å². The maximum atomic E-state index is 3.65. The summed E-state index contributed by atoms with van der Waals surface area (Å²) >= 11 is 0. The van der Waals surface area contributed by atoms with E-state index in [9.17, 15) is 0 Å². The molecule has 76 valence electrons. The molecule has 0 spiro atoms. The number of hydrogen-bond donors (Lipinski definition) is 1. The van der Waals surface area contributed by atoms with Crippen molar-refractivity contribution in [1.82, 2.24) is 5.32 Å². The minimum atomic E-state index is 0.746. The normalized spacial score (nSPS) is 26.6. The summed E-state index contributed by atoms with van der Waals surface area (Å²) < 4.78 is 0. The summed E-state index contributed by atoms with van der Waals surface area (Å²) in [5, 5.41) is 3.65.